The fourth-order valence-corrected chi connectivity index (χ4v) is 4.05. The van der Waals surface area contributed by atoms with Crippen molar-refractivity contribution in [3.05, 3.63) is 100 Å². The topological polar surface area (TPSA) is 134 Å². The number of hydrogen-bond donors (Lipinski definition) is 2. The molecule has 206 valence electrons. The number of nitrogens with zero attached hydrogens (tertiary/aromatic N) is 2. The molecule has 3 aromatic rings. The standard InChI is InChI=1S/C30H28N2O8/c1-19-3-7-21(8-4-19)15-31-25(29(37)32(30(31)38)16-22-9-5-20(2)6-10-22)13-23-11-12-24(39-17-27(33)34)14-26(23)40-18-28(35)36/h3-14H,15-18H2,1-2H3,(H,33,34)(H,35,36)/b25-13+. The zero-order valence-corrected chi connectivity index (χ0v) is 22.0. The SMILES string of the molecule is Cc1ccc(CN2C(=O)/C(=C\c3ccc(OCC(=O)O)cc3OCC(=O)O)N(Cc3ccc(C)cc3)C2=O)cc1. The lowest BCUT2D eigenvalue weighted by Gasteiger charge is -2.18. The highest BCUT2D eigenvalue weighted by molar-refractivity contribution is 6.14. The van der Waals surface area contributed by atoms with Crippen LogP contribution in [0, 0.1) is 13.8 Å². The van der Waals surface area contributed by atoms with E-state index in [9.17, 15) is 19.2 Å². The van der Waals surface area contributed by atoms with Crippen molar-refractivity contribution in [1.29, 1.82) is 0 Å². The van der Waals surface area contributed by atoms with Gasteiger partial charge in [0.25, 0.3) is 5.91 Å². The lowest BCUT2D eigenvalue weighted by molar-refractivity contribution is -0.140. The zero-order valence-electron chi connectivity index (χ0n) is 22.0. The van der Waals surface area contributed by atoms with Crippen LogP contribution in [0.3, 0.4) is 0 Å². The van der Waals surface area contributed by atoms with E-state index in [1.54, 1.807) is 0 Å². The molecule has 3 aromatic carbocycles. The molecular weight excluding hydrogens is 516 g/mol. The van der Waals surface area contributed by atoms with Crippen LogP contribution in [0.25, 0.3) is 6.08 Å². The van der Waals surface area contributed by atoms with Gasteiger partial charge < -0.3 is 19.7 Å². The van der Waals surface area contributed by atoms with Crippen molar-refractivity contribution in [2.75, 3.05) is 13.2 Å². The second-order valence-corrected chi connectivity index (χ2v) is 9.33. The van der Waals surface area contributed by atoms with Crippen LogP contribution in [0.1, 0.15) is 27.8 Å². The lowest BCUT2D eigenvalue weighted by Crippen LogP contribution is -2.32. The van der Waals surface area contributed by atoms with E-state index in [1.807, 2.05) is 62.4 Å². The molecule has 0 spiro atoms. The first-order valence-corrected chi connectivity index (χ1v) is 12.4. The molecule has 10 nitrogen and oxygen atoms in total. The van der Waals surface area contributed by atoms with Gasteiger partial charge in [-0.05, 0) is 43.2 Å². The third kappa shape index (κ3) is 6.84. The van der Waals surface area contributed by atoms with E-state index < -0.39 is 37.1 Å². The van der Waals surface area contributed by atoms with Crippen molar-refractivity contribution in [3.8, 4) is 11.5 Å². The molecule has 0 saturated carbocycles. The summed E-state index contributed by atoms with van der Waals surface area (Å²) in [6.45, 7) is 2.81. The molecule has 3 amide bonds. The van der Waals surface area contributed by atoms with Gasteiger partial charge in [-0.3, -0.25) is 14.6 Å². The van der Waals surface area contributed by atoms with Crippen molar-refractivity contribution in [2.45, 2.75) is 26.9 Å². The van der Waals surface area contributed by atoms with Crippen LogP contribution in [-0.2, 0) is 27.5 Å². The molecule has 0 radical (unpaired) electrons. The highest BCUT2D eigenvalue weighted by atomic mass is 16.5. The van der Waals surface area contributed by atoms with E-state index in [0.29, 0.717) is 5.56 Å². The quantitative estimate of drug-likeness (QED) is 0.271. The molecule has 1 heterocycles. The van der Waals surface area contributed by atoms with Crippen LogP contribution in [-0.4, -0.2) is 57.1 Å². The van der Waals surface area contributed by atoms with E-state index in [0.717, 1.165) is 27.2 Å². The molecule has 4 rings (SSSR count). The zero-order chi connectivity index (χ0) is 28.8. The van der Waals surface area contributed by atoms with Crippen LogP contribution in [0.15, 0.2) is 72.4 Å². The minimum Gasteiger partial charge on any atom is -0.482 e. The van der Waals surface area contributed by atoms with Crippen molar-refractivity contribution in [1.82, 2.24) is 9.80 Å². The van der Waals surface area contributed by atoms with Gasteiger partial charge in [0.2, 0.25) is 0 Å². The molecule has 1 aliphatic heterocycles. The van der Waals surface area contributed by atoms with Gasteiger partial charge in [-0.15, -0.1) is 0 Å². The molecule has 40 heavy (non-hydrogen) atoms. The van der Waals surface area contributed by atoms with Gasteiger partial charge in [0.15, 0.2) is 13.2 Å². The predicted octanol–water partition coefficient (Wildman–Crippen LogP) is 4.24. The summed E-state index contributed by atoms with van der Waals surface area (Å²) in [5.74, 6) is -2.75. The Balaban J connectivity index is 1.73. The first-order valence-electron chi connectivity index (χ1n) is 12.4. The Morgan fingerprint density at radius 2 is 1.27 bits per heavy atom. The van der Waals surface area contributed by atoms with E-state index >= 15 is 0 Å². The molecule has 0 bridgehead atoms. The molecule has 1 saturated heterocycles. The molecule has 10 heteroatoms. The molecule has 0 aliphatic carbocycles. The smallest absolute Gasteiger partial charge is 0.341 e. The molecule has 0 atom stereocenters. The van der Waals surface area contributed by atoms with Crippen LogP contribution in [0.2, 0.25) is 0 Å². The summed E-state index contributed by atoms with van der Waals surface area (Å²) in [6.07, 6.45) is 1.46. The van der Waals surface area contributed by atoms with Crippen molar-refractivity contribution >= 4 is 30.0 Å². The molecular formula is C30H28N2O8. The number of ether oxygens (including phenoxy) is 2. The Bertz CT molecular complexity index is 1460. The van der Waals surface area contributed by atoms with Gasteiger partial charge >= 0.3 is 18.0 Å². The Morgan fingerprint density at radius 1 is 0.750 bits per heavy atom. The first kappa shape index (κ1) is 27.9. The molecule has 0 aromatic heterocycles. The van der Waals surface area contributed by atoms with Crippen LogP contribution < -0.4 is 9.47 Å². The maximum absolute atomic E-state index is 13.6. The number of carboxylic acid groups (broad SMARTS) is 2. The second-order valence-electron chi connectivity index (χ2n) is 9.33. The summed E-state index contributed by atoms with van der Waals surface area (Å²) < 4.78 is 10.6. The van der Waals surface area contributed by atoms with Gasteiger partial charge in [-0.25, -0.2) is 14.4 Å². The second kappa shape index (κ2) is 12.2. The number of rotatable bonds is 11. The lowest BCUT2D eigenvalue weighted by atomic mass is 10.1. The summed E-state index contributed by atoms with van der Waals surface area (Å²) in [7, 11) is 0. The maximum Gasteiger partial charge on any atom is 0.341 e. The Kier molecular flexibility index (Phi) is 8.48. The van der Waals surface area contributed by atoms with E-state index in [2.05, 4.69) is 0 Å². The summed E-state index contributed by atoms with van der Waals surface area (Å²) >= 11 is 0. The summed E-state index contributed by atoms with van der Waals surface area (Å²) in [5.41, 5.74) is 4.09. The van der Waals surface area contributed by atoms with Gasteiger partial charge in [0, 0.05) is 11.6 Å². The number of benzene rings is 3. The highest BCUT2D eigenvalue weighted by Crippen LogP contribution is 2.32. The van der Waals surface area contributed by atoms with Crippen molar-refractivity contribution in [2.24, 2.45) is 0 Å². The maximum atomic E-state index is 13.6. The van der Waals surface area contributed by atoms with E-state index in [4.69, 9.17) is 19.7 Å². The summed E-state index contributed by atoms with van der Waals surface area (Å²) in [4.78, 5) is 51.8. The van der Waals surface area contributed by atoms with E-state index in [1.165, 1.54) is 29.2 Å². The van der Waals surface area contributed by atoms with E-state index in [-0.39, 0.29) is 30.3 Å². The number of aryl methyl sites for hydroxylation is 2. The molecule has 0 unspecified atom stereocenters. The number of carbonyl (C=O) groups excluding carboxylic acids is 2. The third-order valence-electron chi connectivity index (χ3n) is 6.13. The average Bonchev–Trinajstić information content (AvgIpc) is 3.13. The van der Waals surface area contributed by atoms with Crippen molar-refractivity contribution in [3.63, 3.8) is 0 Å². The third-order valence-corrected chi connectivity index (χ3v) is 6.13. The number of carbonyl (C=O) groups is 4. The van der Waals surface area contributed by atoms with Gasteiger partial charge in [-0.1, -0.05) is 59.7 Å². The number of imide groups is 1. The monoisotopic (exact) mass is 544 g/mol. The fourth-order valence-electron chi connectivity index (χ4n) is 4.05. The van der Waals surface area contributed by atoms with Gasteiger partial charge in [-0.2, -0.15) is 0 Å². The number of hydrogen-bond acceptors (Lipinski definition) is 6. The summed E-state index contributed by atoms with van der Waals surface area (Å²) in [6, 6.07) is 18.9. The Morgan fingerprint density at radius 3 is 1.82 bits per heavy atom. The predicted molar refractivity (Wildman–Crippen MR) is 145 cm³/mol. The largest absolute Gasteiger partial charge is 0.482 e. The molecule has 1 fully saturated rings. The number of amides is 3. The van der Waals surface area contributed by atoms with Crippen molar-refractivity contribution < 1.29 is 38.9 Å². The first-order chi connectivity index (χ1) is 19.1. The average molecular weight is 545 g/mol. The Labute approximate surface area is 230 Å². The number of urea groups is 1. The van der Waals surface area contributed by atoms with Crippen LogP contribution in [0.5, 0.6) is 11.5 Å². The normalized spacial score (nSPS) is 14.1. The minimum absolute atomic E-state index is 0.0466. The highest BCUT2D eigenvalue weighted by Gasteiger charge is 2.41. The Hall–Kier alpha value is -5.12. The number of aliphatic carboxylic acids is 2. The summed E-state index contributed by atoms with van der Waals surface area (Å²) in [5, 5.41) is 18.0. The fraction of sp³-hybridized carbons (Fsp3) is 0.200. The van der Waals surface area contributed by atoms with Gasteiger partial charge in [0.1, 0.15) is 17.2 Å². The molecule has 2 N–H and O–H groups in total. The minimum atomic E-state index is -1.23. The van der Waals surface area contributed by atoms with Crippen LogP contribution >= 0.6 is 0 Å². The van der Waals surface area contributed by atoms with Crippen LogP contribution in [0.4, 0.5) is 4.79 Å². The molecule has 1 aliphatic rings. The van der Waals surface area contributed by atoms with Gasteiger partial charge in [0.05, 0.1) is 13.1 Å². The number of carboxylic acids is 2.